The third kappa shape index (κ3) is 3.21. The van der Waals surface area contributed by atoms with Gasteiger partial charge in [0, 0.05) is 23.4 Å². The predicted octanol–water partition coefficient (Wildman–Crippen LogP) is 2.85. The second-order valence-corrected chi connectivity index (χ2v) is 5.61. The van der Waals surface area contributed by atoms with Gasteiger partial charge in [-0.3, -0.25) is 5.32 Å². The van der Waals surface area contributed by atoms with Crippen LogP contribution < -0.4 is 5.32 Å². The highest BCUT2D eigenvalue weighted by Gasteiger charge is 2.26. The van der Waals surface area contributed by atoms with Gasteiger partial charge in [-0.25, -0.2) is 0 Å². The zero-order valence-corrected chi connectivity index (χ0v) is 10.6. The van der Waals surface area contributed by atoms with Gasteiger partial charge in [0.2, 0.25) is 0 Å². The Morgan fingerprint density at radius 2 is 2.06 bits per heavy atom. The topological polar surface area (TPSA) is 21.3 Å². The van der Waals surface area contributed by atoms with Crippen LogP contribution in [0.25, 0.3) is 0 Å². The lowest BCUT2D eigenvalue weighted by molar-refractivity contribution is -0.0566. The Balaban J connectivity index is 1.89. The van der Waals surface area contributed by atoms with Crippen LogP contribution in [0.3, 0.4) is 0 Å². The van der Waals surface area contributed by atoms with Crippen molar-refractivity contribution in [1.82, 2.24) is 5.32 Å². The highest BCUT2D eigenvalue weighted by atomic mass is 35.5. The molecule has 1 aromatic carbocycles. The molecule has 2 nitrogen and oxygen atoms in total. The van der Waals surface area contributed by atoms with E-state index in [1.807, 2.05) is 24.3 Å². The van der Waals surface area contributed by atoms with E-state index in [1.165, 1.54) is 5.56 Å². The minimum atomic E-state index is 0.134. The maximum absolute atomic E-state index is 5.84. The summed E-state index contributed by atoms with van der Waals surface area (Å²) < 4.78 is 5.78. The summed E-state index contributed by atoms with van der Waals surface area (Å²) in [6.45, 7) is 6.24. The summed E-state index contributed by atoms with van der Waals surface area (Å²) in [6.07, 6.45) is 1.03. The maximum atomic E-state index is 5.84. The van der Waals surface area contributed by atoms with Gasteiger partial charge in [0.05, 0.1) is 6.61 Å². The van der Waals surface area contributed by atoms with Crippen molar-refractivity contribution >= 4 is 11.6 Å². The summed E-state index contributed by atoms with van der Waals surface area (Å²) in [5.41, 5.74) is 1.50. The monoisotopic (exact) mass is 239 g/mol. The summed E-state index contributed by atoms with van der Waals surface area (Å²) in [7, 11) is 0. The number of halogens is 1. The molecule has 1 unspecified atom stereocenters. The predicted molar refractivity (Wildman–Crippen MR) is 66.7 cm³/mol. The van der Waals surface area contributed by atoms with Gasteiger partial charge in [-0.05, 0) is 17.7 Å². The molecule has 88 valence electrons. The van der Waals surface area contributed by atoms with E-state index in [-0.39, 0.29) is 11.6 Å². The van der Waals surface area contributed by atoms with Crippen LogP contribution in [-0.2, 0) is 11.2 Å². The average Bonchev–Trinajstić information content (AvgIpc) is 2.24. The molecular formula is C13H18ClNO. The molecule has 1 N–H and O–H groups in total. The zero-order valence-electron chi connectivity index (χ0n) is 9.79. The maximum Gasteiger partial charge on any atom is 0.112 e. The molecule has 16 heavy (non-hydrogen) atoms. The van der Waals surface area contributed by atoms with Crippen molar-refractivity contribution in [1.29, 1.82) is 0 Å². The molecular weight excluding hydrogens is 222 g/mol. The van der Waals surface area contributed by atoms with E-state index < -0.39 is 0 Å². The summed E-state index contributed by atoms with van der Waals surface area (Å²) in [5.74, 6) is 0. The zero-order chi connectivity index (χ0) is 11.6. The van der Waals surface area contributed by atoms with Gasteiger partial charge in [-0.15, -0.1) is 0 Å². The Kier molecular flexibility index (Phi) is 3.53. The molecule has 1 fully saturated rings. The first kappa shape index (κ1) is 11.9. The number of nitrogens with one attached hydrogen (secondary N) is 1. The quantitative estimate of drug-likeness (QED) is 0.857. The summed E-state index contributed by atoms with van der Waals surface area (Å²) in [5, 5.41) is 4.20. The number of ether oxygens (including phenoxy) is 1. The smallest absolute Gasteiger partial charge is 0.112 e. The van der Waals surface area contributed by atoms with Crippen LogP contribution in [0, 0.1) is 5.41 Å². The van der Waals surface area contributed by atoms with Gasteiger partial charge in [-0.1, -0.05) is 37.6 Å². The lowest BCUT2D eigenvalue weighted by Crippen LogP contribution is -2.48. The molecule has 0 radical (unpaired) electrons. The molecule has 1 aliphatic heterocycles. The van der Waals surface area contributed by atoms with Crippen LogP contribution in [0.4, 0.5) is 0 Å². The lowest BCUT2D eigenvalue weighted by Gasteiger charge is -2.35. The van der Waals surface area contributed by atoms with Gasteiger partial charge >= 0.3 is 0 Å². The van der Waals surface area contributed by atoms with E-state index in [2.05, 4.69) is 19.2 Å². The minimum Gasteiger partial charge on any atom is -0.362 e. The van der Waals surface area contributed by atoms with E-state index in [4.69, 9.17) is 16.3 Å². The van der Waals surface area contributed by atoms with Crippen molar-refractivity contribution in [3.8, 4) is 0 Å². The second kappa shape index (κ2) is 4.74. The normalized spacial score (nSPS) is 24.3. The Hall–Kier alpha value is -0.570. The van der Waals surface area contributed by atoms with Crippen molar-refractivity contribution in [2.45, 2.75) is 26.5 Å². The molecule has 0 aliphatic carbocycles. The fraction of sp³-hybridized carbons (Fsp3) is 0.538. The van der Waals surface area contributed by atoms with Crippen molar-refractivity contribution < 1.29 is 4.74 Å². The number of hydrogen-bond acceptors (Lipinski definition) is 2. The molecule has 0 saturated carbocycles. The Bertz CT molecular complexity index is 337. The highest BCUT2D eigenvalue weighted by molar-refractivity contribution is 6.30. The standard InChI is InChI=1S/C13H18ClNO/c1-13(2)8-15-12(16-9-13)7-10-3-5-11(14)6-4-10/h3-6,12,15H,7-9H2,1-2H3. The van der Waals surface area contributed by atoms with Gasteiger partial charge in [0.1, 0.15) is 6.23 Å². The molecule has 1 heterocycles. The van der Waals surface area contributed by atoms with Gasteiger partial charge in [-0.2, -0.15) is 0 Å². The highest BCUT2D eigenvalue weighted by Crippen LogP contribution is 2.20. The SMILES string of the molecule is CC1(C)CNC(Cc2ccc(Cl)cc2)OC1. The Morgan fingerprint density at radius 3 is 2.62 bits per heavy atom. The lowest BCUT2D eigenvalue weighted by atomic mass is 9.93. The van der Waals surface area contributed by atoms with Crippen molar-refractivity contribution in [2.75, 3.05) is 13.2 Å². The number of rotatable bonds is 2. The first-order valence-electron chi connectivity index (χ1n) is 5.65. The first-order chi connectivity index (χ1) is 7.55. The fourth-order valence-electron chi connectivity index (χ4n) is 1.79. The molecule has 3 heteroatoms. The van der Waals surface area contributed by atoms with E-state index in [1.54, 1.807) is 0 Å². The molecule has 0 spiro atoms. The van der Waals surface area contributed by atoms with E-state index in [9.17, 15) is 0 Å². The van der Waals surface area contributed by atoms with Crippen molar-refractivity contribution in [3.05, 3.63) is 34.9 Å². The molecule has 1 atom stereocenters. The van der Waals surface area contributed by atoms with Crippen LogP contribution in [0.5, 0.6) is 0 Å². The fourth-order valence-corrected chi connectivity index (χ4v) is 1.92. The summed E-state index contributed by atoms with van der Waals surface area (Å²) in [4.78, 5) is 0. The van der Waals surface area contributed by atoms with Crippen molar-refractivity contribution in [2.24, 2.45) is 5.41 Å². The third-order valence-electron chi connectivity index (χ3n) is 2.82. The Labute approximate surface area is 102 Å². The van der Waals surface area contributed by atoms with Gasteiger partial charge < -0.3 is 4.74 Å². The van der Waals surface area contributed by atoms with Crippen LogP contribution in [0.15, 0.2) is 24.3 Å². The minimum absolute atomic E-state index is 0.134. The molecule has 1 aliphatic rings. The van der Waals surface area contributed by atoms with Crippen LogP contribution in [0.2, 0.25) is 5.02 Å². The number of benzene rings is 1. The average molecular weight is 240 g/mol. The summed E-state index contributed by atoms with van der Waals surface area (Å²) in [6, 6.07) is 7.94. The van der Waals surface area contributed by atoms with Crippen LogP contribution in [-0.4, -0.2) is 19.4 Å². The largest absolute Gasteiger partial charge is 0.362 e. The molecule has 1 saturated heterocycles. The molecule has 0 bridgehead atoms. The van der Waals surface area contributed by atoms with Gasteiger partial charge in [0.25, 0.3) is 0 Å². The van der Waals surface area contributed by atoms with Crippen LogP contribution >= 0.6 is 11.6 Å². The summed E-state index contributed by atoms with van der Waals surface area (Å²) >= 11 is 5.84. The molecule has 1 aromatic rings. The van der Waals surface area contributed by atoms with E-state index in [0.717, 1.165) is 24.6 Å². The van der Waals surface area contributed by atoms with E-state index in [0.29, 0.717) is 0 Å². The molecule has 0 amide bonds. The Morgan fingerprint density at radius 1 is 1.38 bits per heavy atom. The second-order valence-electron chi connectivity index (χ2n) is 5.18. The molecule has 2 rings (SSSR count). The van der Waals surface area contributed by atoms with Crippen LogP contribution in [0.1, 0.15) is 19.4 Å². The molecule has 0 aromatic heterocycles. The number of hydrogen-bond donors (Lipinski definition) is 1. The van der Waals surface area contributed by atoms with E-state index >= 15 is 0 Å². The first-order valence-corrected chi connectivity index (χ1v) is 6.02. The third-order valence-corrected chi connectivity index (χ3v) is 3.07. The van der Waals surface area contributed by atoms with Gasteiger partial charge in [0.15, 0.2) is 0 Å². The van der Waals surface area contributed by atoms with Crippen molar-refractivity contribution in [3.63, 3.8) is 0 Å².